The molecular weight excluding hydrogens is 275 g/mol. The van der Waals surface area contributed by atoms with E-state index >= 15 is 0 Å². The number of esters is 1. The Hall–Kier alpha value is -1.66. The van der Waals surface area contributed by atoms with Gasteiger partial charge in [0.25, 0.3) is 0 Å². The van der Waals surface area contributed by atoms with Crippen molar-refractivity contribution in [1.82, 2.24) is 9.80 Å². The molecule has 1 heterocycles. The van der Waals surface area contributed by atoms with Gasteiger partial charge < -0.3 is 9.47 Å². The van der Waals surface area contributed by atoms with Gasteiger partial charge >= 0.3 is 5.97 Å². The minimum absolute atomic E-state index is 0.208. The van der Waals surface area contributed by atoms with E-state index in [1.54, 1.807) is 6.07 Å². The van der Waals surface area contributed by atoms with Crippen LogP contribution in [-0.4, -0.2) is 62.7 Å². The van der Waals surface area contributed by atoms with Crippen molar-refractivity contribution in [3.8, 4) is 5.75 Å². The molecule has 0 spiro atoms. The second-order valence-electron chi connectivity index (χ2n) is 5.10. The molecule has 2 rings (SSSR count). The predicted molar refractivity (Wildman–Crippen MR) is 76.7 cm³/mol. The third kappa shape index (κ3) is 4.41. The Morgan fingerprint density at radius 1 is 1.19 bits per heavy atom. The molecule has 0 unspecified atom stereocenters. The van der Waals surface area contributed by atoms with E-state index in [0.717, 1.165) is 31.7 Å². The van der Waals surface area contributed by atoms with Crippen molar-refractivity contribution in [1.29, 1.82) is 0 Å². The Balaban J connectivity index is 1.83. The fourth-order valence-corrected chi connectivity index (χ4v) is 2.42. The standard InChI is InChI=1S/C15H21FN2O3/c1-20-14-4-3-12(9-13(14)16)10-17-5-7-18(8-6-17)11-15(19)21-2/h3-4,9H,5-8,10-11H2,1-2H3. The topological polar surface area (TPSA) is 42.0 Å². The molecule has 116 valence electrons. The zero-order chi connectivity index (χ0) is 15.2. The maximum absolute atomic E-state index is 13.6. The number of hydrogen-bond donors (Lipinski definition) is 0. The lowest BCUT2D eigenvalue weighted by molar-refractivity contribution is -0.142. The molecule has 1 aromatic carbocycles. The van der Waals surface area contributed by atoms with Crippen LogP contribution in [0.1, 0.15) is 5.56 Å². The molecule has 6 heteroatoms. The number of carbonyl (C=O) groups is 1. The summed E-state index contributed by atoms with van der Waals surface area (Å²) in [6.45, 7) is 4.37. The van der Waals surface area contributed by atoms with Crippen LogP contribution >= 0.6 is 0 Å². The van der Waals surface area contributed by atoms with Crippen LogP contribution in [0.2, 0.25) is 0 Å². The summed E-state index contributed by atoms with van der Waals surface area (Å²) in [6.07, 6.45) is 0. The lowest BCUT2D eigenvalue weighted by atomic mass is 10.2. The third-order valence-electron chi connectivity index (χ3n) is 3.67. The Morgan fingerprint density at radius 3 is 2.43 bits per heavy atom. The lowest BCUT2D eigenvalue weighted by Crippen LogP contribution is -2.47. The van der Waals surface area contributed by atoms with Gasteiger partial charge in [-0.1, -0.05) is 6.07 Å². The Morgan fingerprint density at radius 2 is 1.86 bits per heavy atom. The van der Waals surface area contributed by atoms with Gasteiger partial charge in [-0.3, -0.25) is 14.6 Å². The second-order valence-corrected chi connectivity index (χ2v) is 5.10. The van der Waals surface area contributed by atoms with Crippen LogP contribution in [0.3, 0.4) is 0 Å². The fourth-order valence-electron chi connectivity index (χ4n) is 2.42. The van der Waals surface area contributed by atoms with E-state index in [-0.39, 0.29) is 17.5 Å². The van der Waals surface area contributed by atoms with Crippen molar-refractivity contribution in [2.45, 2.75) is 6.54 Å². The van der Waals surface area contributed by atoms with Crippen LogP contribution < -0.4 is 4.74 Å². The first-order valence-corrected chi connectivity index (χ1v) is 6.96. The number of benzene rings is 1. The average Bonchev–Trinajstić information content (AvgIpc) is 2.49. The van der Waals surface area contributed by atoms with Gasteiger partial charge in [0.15, 0.2) is 11.6 Å². The van der Waals surface area contributed by atoms with Crippen LogP contribution in [0.15, 0.2) is 18.2 Å². The minimum atomic E-state index is -0.334. The molecule has 0 amide bonds. The van der Waals surface area contributed by atoms with Gasteiger partial charge in [0.05, 0.1) is 20.8 Å². The lowest BCUT2D eigenvalue weighted by Gasteiger charge is -2.34. The summed E-state index contributed by atoms with van der Waals surface area (Å²) in [5.74, 6) is -0.276. The van der Waals surface area contributed by atoms with Gasteiger partial charge in [-0.05, 0) is 17.7 Å². The SMILES string of the molecule is COC(=O)CN1CCN(Cc2ccc(OC)c(F)c2)CC1. The number of methoxy groups -OCH3 is 2. The van der Waals surface area contributed by atoms with E-state index in [9.17, 15) is 9.18 Å². The first-order chi connectivity index (χ1) is 10.1. The van der Waals surface area contributed by atoms with Crippen molar-refractivity contribution in [2.24, 2.45) is 0 Å². The number of hydrogen-bond acceptors (Lipinski definition) is 5. The Bertz CT molecular complexity index is 488. The van der Waals surface area contributed by atoms with Gasteiger partial charge in [0, 0.05) is 32.7 Å². The highest BCUT2D eigenvalue weighted by molar-refractivity contribution is 5.71. The molecule has 0 bridgehead atoms. The summed E-state index contributed by atoms with van der Waals surface area (Å²) in [5, 5.41) is 0. The van der Waals surface area contributed by atoms with E-state index in [2.05, 4.69) is 14.5 Å². The number of carbonyl (C=O) groups excluding carboxylic acids is 1. The van der Waals surface area contributed by atoms with E-state index in [1.165, 1.54) is 20.3 Å². The first kappa shape index (κ1) is 15.7. The van der Waals surface area contributed by atoms with Gasteiger partial charge in [0.2, 0.25) is 0 Å². The molecular formula is C15H21FN2O3. The minimum Gasteiger partial charge on any atom is -0.494 e. The molecule has 5 nitrogen and oxygen atoms in total. The van der Waals surface area contributed by atoms with Crippen LogP contribution in [0.5, 0.6) is 5.75 Å². The Kier molecular flexibility index (Phi) is 5.52. The number of halogens is 1. The average molecular weight is 296 g/mol. The highest BCUT2D eigenvalue weighted by atomic mass is 19.1. The largest absolute Gasteiger partial charge is 0.494 e. The van der Waals surface area contributed by atoms with Crippen molar-refractivity contribution >= 4 is 5.97 Å². The molecule has 21 heavy (non-hydrogen) atoms. The van der Waals surface area contributed by atoms with Crippen molar-refractivity contribution in [3.05, 3.63) is 29.6 Å². The summed E-state index contributed by atoms with van der Waals surface area (Å²) in [7, 11) is 2.86. The molecule has 0 radical (unpaired) electrons. The van der Waals surface area contributed by atoms with E-state index in [1.807, 2.05) is 6.07 Å². The van der Waals surface area contributed by atoms with Crippen molar-refractivity contribution in [2.75, 3.05) is 46.9 Å². The van der Waals surface area contributed by atoms with Crippen LogP contribution in [0, 0.1) is 5.82 Å². The first-order valence-electron chi connectivity index (χ1n) is 6.96. The molecule has 0 N–H and O–H groups in total. The van der Waals surface area contributed by atoms with Crippen molar-refractivity contribution in [3.63, 3.8) is 0 Å². The quantitative estimate of drug-likeness (QED) is 0.762. The maximum Gasteiger partial charge on any atom is 0.319 e. The normalized spacial score (nSPS) is 16.7. The molecule has 1 aliphatic rings. The van der Waals surface area contributed by atoms with Gasteiger partial charge in [0.1, 0.15) is 0 Å². The molecule has 0 aromatic heterocycles. The Labute approximate surface area is 124 Å². The maximum atomic E-state index is 13.6. The number of piperazine rings is 1. The molecule has 1 aromatic rings. The number of nitrogens with zero attached hydrogens (tertiary/aromatic N) is 2. The molecule has 0 aliphatic carbocycles. The number of ether oxygens (including phenoxy) is 2. The van der Waals surface area contributed by atoms with Crippen LogP contribution in [0.25, 0.3) is 0 Å². The van der Waals surface area contributed by atoms with Crippen molar-refractivity contribution < 1.29 is 18.7 Å². The van der Waals surface area contributed by atoms with E-state index < -0.39 is 0 Å². The summed E-state index contributed by atoms with van der Waals surface area (Å²) in [6, 6.07) is 5.04. The summed E-state index contributed by atoms with van der Waals surface area (Å²) < 4.78 is 23.2. The van der Waals surface area contributed by atoms with E-state index in [4.69, 9.17) is 4.74 Å². The monoisotopic (exact) mass is 296 g/mol. The zero-order valence-electron chi connectivity index (χ0n) is 12.5. The van der Waals surface area contributed by atoms with E-state index in [0.29, 0.717) is 13.1 Å². The van der Waals surface area contributed by atoms with Crippen LogP contribution in [-0.2, 0) is 16.1 Å². The van der Waals surface area contributed by atoms with Gasteiger partial charge in [-0.15, -0.1) is 0 Å². The highest BCUT2D eigenvalue weighted by Crippen LogP contribution is 2.19. The smallest absolute Gasteiger partial charge is 0.319 e. The molecule has 1 aliphatic heterocycles. The third-order valence-corrected chi connectivity index (χ3v) is 3.67. The predicted octanol–water partition coefficient (Wildman–Crippen LogP) is 1.12. The molecule has 1 saturated heterocycles. The van der Waals surface area contributed by atoms with Crippen LogP contribution in [0.4, 0.5) is 4.39 Å². The van der Waals surface area contributed by atoms with Gasteiger partial charge in [-0.25, -0.2) is 4.39 Å². The van der Waals surface area contributed by atoms with Gasteiger partial charge in [-0.2, -0.15) is 0 Å². The summed E-state index contributed by atoms with van der Waals surface area (Å²) in [4.78, 5) is 15.5. The molecule has 1 fully saturated rings. The highest BCUT2D eigenvalue weighted by Gasteiger charge is 2.19. The molecule has 0 saturated carbocycles. The molecule has 0 atom stereocenters. The second kappa shape index (κ2) is 7.38. The summed E-state index contributed by atoms with van der Waals surface area (Å²) in [5.41, 5.74) is 0.926. The number of rotatable bonds is 5. The fraction of sp³-hybridized carbons (Fsp3) is 0.533. The summed E-state index contributed by atoms with van der Waals surface area (Å²) >= 11 is 0. The zero-order valence-corrected chi connectivity index (χ0v) is 12.5.